The Morgan fingerprint density at radius 3 is 2.18 bits per heavy atom. The van der Waals surface area contributed by atoms with Crippen LogP contribution in [0.15, 0.2) is 102 Å². The maximum absolute atomic E-state index is 13.2. The molecule has 5 rings (SSSR count). The first-order chi connectivity index (χ1) is 21.1. The van der Waals surface area contributed by atoms with Crippen molar-refractivity contribution in [2.75, 3.05) is 49.4 Å². The van der Waals surface area contributed by atoms with Crippen molar-refractivity contribution < 1.29 is 22.7 Å². The van der Waals surface area contributed by atoms with E-state index in [4.69, 9.17) is 27.9 Å². The smallest absolute Gasteiger partial charge is 0.262 e. The van der Waals surface area contributed by atoms with E-state index >= 15 is 0 Å². The summed E-state index contributed by atoms with van der Waals surface area (Å²) < 4.78 is 34.8. The summed E-state index contributed by atoms with van der Waals surface area (Å²) in [5.41, 5.74) is 1.43. The highest BCUT2D eigenvalue weighted by Crippen LogP contribution is 2.34. The molecule has 0 unspecified atom stereocenters. The molecule has 1 aliphatic heterocycles. The van der Waals surface area contributed by atoms with Gasteiger partial charge in [-0.3, -0.25) is 19.2 Å². The van der Waals surface area contributed by atoms with Crippen molar-refractivity contribution >= 4 is 56.4 Å². The van der Waals surface area contributed by atoms with Gasteiger partial charge in [-0.1, -0.05) is 53.5 Å². The van der Waals surface area contributed by atoms with Crippen molar-refractivity contribution in [1.82, 2.24) is 9.80 Å². The summed E-state index contributed by atoms with van der Waals surface area (Å²) in [5.74, 6) is 0.439. The second kappa shape index (κ2) is 13.7. The number of hydrogen-bond donors (Lipinski definition) is 1. The quantitative estimate of drug-likeness (QED) is 0.238. The van der Waals surface area contributed by atoms with Gasteiger partial charge in [0.15, 0.2) is 5.75 Å². The Hall–Kier alpha value is -4.09. The van der Waals surface area contributed by atoms with E-state index in [1.165, 1.54) is 30.3 Å². The number of likely N-dealkylation sites (N-methyl/N-ethyl adjacent to an activating group) is 1. The third-order valence-electron chi connectivity index (χ3n) is 7.20. The van der Waals surface area contributed by atoms with Crippen LogP contribution in [0.5, 0.6) is 11.5 Å². The molecular weight excluding hydrogens is 623 g/mol. The van der Waals surface area contributed by atoms with E-state index in [9.17, 15) is 18.0 Å². The molecule has 1 aliphatic rings. The third kappa shape index (κ3) is 7.51. The number of piperazine rings is 1. The van der Waals surface area contributed by atoms with E-state index in [0.717, 1.165) is 5.69 Å². The van der Waals surface area contributed by atoms with Crippen LogP contribution in [0.1, 0.15) is 10.4 Å². The predicted octanol–water partition coefficient (Wildman–Crippen LogP) is 6.01. The number of rotatable bonds is 9. The molecule has 1 fully saturated rings. The molecule has 0 spiro atoms. The minimum atomic E-state index is -4.00. The molecular formula is C32H30Cl2N4O5S. The number of carbonyl (C=O) groups excluding carboxylic acids is 2. The van der Waals surface area contributed by atoms with Gasteiger partial charge in [-0.15, -0.1) is 0 Å². The van der Waals surface area contributed by atoms with Crippen LogP contribution in [-0.2, 0) is 14.8 Å². The van der Waals surface area contributed by atoms with Gasteiger partial charge in [-0.2, -0.15) is 0 Å². The lowest BCUT2D eigenvalue weighted by Gasteiger charge is -2.35. The van der Waals surface area contributed by atoms with Crippen molar-refractivity contribution in [2.24, 2.45) is 0 Å². The van der Waals surface area contributed by atoms with Gasteiger partial charge in [0.1, 0.15) is 5.75 Å². The summed E-state index contributed by atoms with van der Waals surface area (Å²) in [4.78, 5) is 31.3. The highest BCUT2D eigenvalue weighted by Gasteiger charge is 2.25. The Bertz CT molecular complexity index is 1750. The summed E-state index contributed by atoms with van der Waals surface area (Å²) >= 11 is 12.1. The van der Waals surface area contributed by atoms with Crippen LogP contribution < -0.4 is 14.4 Å². The molecule has 0 aliphatic carbocycles. The van der Waals surface area contributed by atoms with Gasteiger partial charge < -0.3 is 14.5 Å². The summed E-state index contributed by atoms with van der Waals surface area (Å²) in [5, 5.41) is 0.678. The highest BCUT2D eigenvalue weighted by atomic mass is 35.5. The maximum Gasteiger partial charge on any atom is 0.262 e. The van der Waals surface area contributed by atoms with Gasteiger partial charge >= 0.3 is 0 Å². The largest absolute Gasteiger partial charge is 0.455 e. The second-order valence-corrected chi connectivity index (χ2v) is 12.7. The van der Waals surface area contributed by atoms with Crippen molar-refractivity contribution in [2.45, 2.75) is 4.90 Å². The molecule has 4 aromatic rings. The molecule has 228 valence electrons. The third-order valence-corrected chi connectivity index (χ3v) is 9.32. The Morgan fingerprint density at radius 2 is 1.50 bits per heavy atom. The summed E-state index contributed by atoms with van der Waals surface area (Å²) in [6, 6.07) is 26.6. The fourth-order valence-corrected chi connectivity index (χ4v) is 6.03. The molecule has 1 N–H and O–H groups in total. The zero-order valence-electron chi connectivity index (χ0n) is 23.8. The van der Waals surface area contributed by atoms with Crippen LogP contribution in [0.25, 0.3) is 0 Å². The zero-order valence-corrected chi connectivity index (χ0v) is 26.1. The van der Waals surface area contributed by atoms with Gasteiger partial charge in [-0.25, -0.2) is 8.42 Å². The van der Waals surface area contributed by atoms with Crippen molar-refractivity contribution in [3.63, 3.8) is 0 Å². The molecule has 0 atom stereocenters. The predicted molar refractivity (Wildman–Crippen MR) is 172 cm³/mol. The van der Waals surface area contributed by atoms with E-state index in [1.54, 1.807) is 53.2 Å². The Labute approximate surface area is 266 Å². The average Bonchev–Trinajstić information content (AvgIpc) is 3.04. The topological polar surface area (TPSA) is 99.3 Å². The number of para-hydroxylation sites is 3. The Balaban J connectivity index is 1.18. The van der Waals surface area contributed by atoms with Crippen LogP contribution in [0.2, 0.25) is 10.0 Å². The molecule has 0 bridgehead atoms. The van der Waals surface area contributed by atoms with Crippen molar-refractivity contribution in [3.8, 4) is 11.5 Å². The Morgan fingerprint density at radius 1 is 0.841 bits per heavy atom. The number of sulfonamides is 1. The van der Waals surface area contributed by atoms with Crippen molar-refractivity contribution in [3.05, 3.63) is 113 Å². The van der Waals surface area contributed by atoms with Gasteiger partial charge in [0.25, 0.3) is 15.9 Å². The van der Waals surface area contributed by atoms with Crippen LogP contribution in [0.3, 0.4) is 0 Å². The number of halogens is 2. The lowest BCUT2D eigenvalue weighted by molar-refractivity contribution is -0.119. The van der Waals surface area contributed by atoms with E-state index < -0.39 is 10.0 Å². The molecule has 2 amide bonds. The standard InChI is InChI=1S/C32H30Cl2N4O5S/c1-36(24-7-3-2-4-8-24)31(39)22-37-17-19-38(20-18-37)32(40)23-11-14-26(15-12-23)44(41,42)35-29-9-5-6-10-30(29)43-25-13-16-27(33)28(34)21-25/h2-16,21,35H,17-20,22H2,1H3. The van der Waals surface area contributed by atoms with E-state index in [2.05, 4.69) is 4.72 Å². The van der Waals surface area contributed by atoms with Crippen LogP contribution in [0, 0.1) is 0 Å². The molecule has 0 aromatic heterocycles. The number of benzene rings is 4. The van der Waals surface area contributed by atoms with Gasteiger partial charge in [0.2, 0.25) is 5.91 Å². The number of amides is 2. The molecule has 1 saturated heterocycles. The van der Waals surface area contributed by atoms with E-state index in [1.807, 2.05) is 35.2 Å². The maximum atomic E-state index is 13.2. The number of anilines is 2. The number of hydrogen-bond acceptors (Lipinski definition) is 6. The highest BCUT2D eigenvalue weighted by molar-refractivity contribution is 7.92. The van der Waals surface area contributed by atoms with Gasteiger partial charge in [-0.05, 0) is 60.7 Å². The summed E-state index contributed by atoms with van der Waals surface area (Å²) in [6.07, 6.45) is 0. The first-order valence-electron chi connectivity index (χ1n) is 13.8. The SMILES string of the molecule is CN(C(=O)CN1CCN(C(=O)c2ccc(S(=O)(=O)Nc3ccccc3Oc3ccc(Cl)c(Cl)c3)cc2)CC1)c1ccccc1. The summed E-state index contributed by atoms with van der Waals surface area (Å²) in [7, 11) is -2.25. The molecule has 0 radical (unpaired) electrons. The normalized spacial score (nSPS) is 13.8. The molecule has 44 heavy (non-hydrogen) atoms. The van der Waals surface area contributed by atoms with E-state index in [0.29, 0.717) is 47.5 Å². The molecule has 1 heterocycles. The first kappa shape index (κ1) is 31.3. The zero-order chi connectivity index (χ0) is 31.3. The number of ether oxygens (including phenoxy) is 1. The van der Waals surface area contributed by atoms with Gasteiger partial charge in [0, 0.05) is 50.5 Å². The molecule has 4 aromatic carbocycles. The molecule has 9 nitrogen and oxygen atoms in total. The monoisotopic (exact) mass is 652 g/mol. The van der Waals surface area contributed by atoms with Crippen LogP contribution >= 0.6 is 23.2 Å². The lowest BCUT2D eigenvalue weighted by Crippen LogP contribution is -2.51. The summed E-state index contributed by atoms with van der Waals surface area (Å²) in [6.45, 7) is 2.28. The van der Waals surface area contributed by atoms with Gasteiger partial charge in [0.05, 0.1) is 27.2 Å². The number of nitrogens with one attached hydrogen (secondary N) is 1. The fourth-order valence-electron chi connectivity index (χ4n) is 4.67. The average molecular weight is 654 g/mol. The lowest BCUT2D eigenvalue weighted by atomic mass is 10.2. The van der Waals surface area contributed by atoms with Crippen LogP contribution in [0.4, 0.5) is 11.4 Å². The number of nitrogens with zero attached hydrogens (tertiary/aromatic N) is 3. The molecule has 12 heteroatoms. The number of carbonyl (C=O) groups is 2. The minimum absolute atomic E-state index is 0.00995. The second-order valence-electron chi connectivity index (χ2n) is 10.2. The minimum Gasteiger partial charge on any atom is -0.455 e. The first-order valence-corrected chi connectivity index (χ1v) is 16.0. The van der Waals surface area contributed by atoms with Crippen molar-refractivity contribution in [1.29, 1.82) is 0 Å². The Kier molecular flexibility index (Phi) is 9.75. The fraction of sp³-hybridized carbons (Fsp3) is 0.188. The van der Waals surface area contributed by atoms with Crippen LogP contribution in [-0.4, -0.2) is 69.8 Å². The molecule has 0 saturated carbocycles. The van der Waals surface area contributed by atoms with E-state index in [-0.39, 0.29) is 34.7 Å².